The van der Waals surface area contributed by atoms with E-state index in [1.165, 1.54) is 6.42 Å². The lowest BCUT2D eigenvalue weighted by atomic mass is 9.95. The molecule has 6 heteroatoms. The van der Waals surface area contributed by atoms with Gasteiger partial charge in [-0.2, -0.15) is 11.3 Å². The van der Waals surface area contributed by atoms with Gasteiger partial charge in [-0.05, 0) is 30.2 Å². The second-order valence-corrected chi connectivity index (χ2v) is 6.55. The average Bonchev–Trinajstić information content (AvgIpc) is 3.23. The first-order chi connectivity index (χ1) is 10.8. The number of aryl methyl sites for hydroxylation is 1. The lowest BCUT2D eigenvalue weighted by molar-refractivity contribution is -0.133. The molecule has 2 aromatic rings. The van der Waals surface area contributed by atoms with E-state index in [2.05, 4.69) is 17.1 Å². The summed E-state index contributed by atoms with van der Waals surface area (Å²) in [5, 5.41) is 12.0. The maximum atomic E-state index is 12.3. The zero-order valence-corrected chi connectivity index (χ0v) is 13.6. The molecule has 3 rings (SSSR count). The smallest absolute Gasteiger partial charge is 0.248 e. The second-order valence-electron chi connectivity index (χ2n) is 5.77. The zero-order valence-electron chi connectivity index (χ0n) is 12.8. The third-order valence-corrected chi connectivity index (χ3v) is 4.92. The zero-order chi connectivity index (χ0) is 15.4. The van der Waals surface area contributed by atoms with E-state index >= 15 is 0 Å². The van der Waals surface area contributed by atoms with Crippen molar-refractivity contribution < 1.29 is 9.21 Å². The Balaban J connectivity index is 1.53. The molecule has 1 unspecified atom stereocenters. The minimum absolute atomic E-state index is 0.202. The number of thiophene rings is 1. The molecule has 0 saturated carbocycles. The Hall–Kier alpha value is -1.69. The molecule has 0 aromatic carbocycles. The summed E-state index contributed by atoms with van der Waals surface area (Å²) in [4.78, 5) is 14.3. The molecule has 1 aliphatic rings. The van der Waals surface area contributed by atoms with Crippen molar-refractivity contribution in [1.82, 2.24) is 15.1 Å². The Morgan fingerprint density at radius 1 is 1.50 bits per heavy atom. The average molecular weight is 319 g/mol. The van der Waals surface area contributed by atoms with Gasteiger partial charge in [-0.25, -0.2) is 0 Å². The van der Waals surface area contributed by atoms with Crippen molar-refractivity contribution in [3.8, 4) is 11.5 Å². The quantitative estimate of drug-likeness (QED) is 0.847. The van der Waals surface area contributed by atoms with Crippen molar-refractivity contribution in [3.05, 3.63) is 22.7 Å². The predicted octanol–water partition coefficient (Wildman–Crippen LogP) is 3.38. The van der Waals surface area contributed by atoms with Crippen LogP contribution in [0, 0.1) is 5.92 Å². The van der Waals surface area contributed by atoms with E-state index in [1.54, 1.807) is 11.3 Å². The lowest BCUT2D eigenvalue weighted by Crippen LogP contribution is -2.39. The van der Waals surface area contributed by atoms with Crippen molar-refractivity contribution >= 4 is 17.2 Å². The van der Waals surface area contributed by atoms with E-state index in [0.717, 1.165) is 31.5 Å². The fraction of sp³-hybridized carbons (Fsp3) is 0.562. The molecule has 118 valence electrons. The van der Waals surface area contributed by atoms with Crippen LogP contribution in [0.3, 0.4) is 0 Å². The van der Waals surface area contributed by atoms with Crippen LogP contribution in [0.25, 0.3) is 11.5 Å². The molecule has 1 atom stereocenters. The third-order valence-electron chi connectivity index (χ3n) is 4.24. The minimum atomic E-state index is 0.202. The van der Waals surface area contributed by atoms with E-state index in [1.807, 2.05) is 21.7 Å². The Labute approximate surface area is 134 Å². The highest BCUT2D eigenvalue weighted by Gasteiger charge is 2.22. The summed E-state index contributed by atoms with van der Waals surface area (Å²) in [6.45, 7) is 3.99. The molecule has 3 heterocycles. The minimum Gasteiger partial charge on any atom is -0.421 e. The molecule has 1 saturated heterocycles. The number of aromatic nitrogens is 2. The summed E-state index contributed by atoms with van der Waals surface area (Å²) in [6.07, 6.45) is 4.48. The van der Waals surface area contributed by atoms with Crippen LogP contribution in [-0.4, -0.2) is 34.1 Å². The van der Waals surface area contributed by atoms with E-state index in [4.69, 9.17) is 4.42 Å². The number of carbonyl (C=O) groups excluding carboxylic acids is 1. The van der Waals surface area contributed by atoms with Gasteiger partial charge < -0.3 is 9.32 Å². The van der Waals surface area contributed by atoms with Crippen molar-refractivity contribution in [3.63, 3.8) is 0 Å². The number of nitrogens with zero attached hydrogens (tertiary/aromatic N) is 3. The first-order valence-electron chi connectivity index (χ1n) is 7.89. The molecule has 0 aliphatic carbocycles. The molecule has 0 radical (unpaired) electrons. The normalized spacial score (nSPS) is 18.6. The first-order valence-corrected chi connectivity index (χ1v) is 8.83. The van der Waals surface area contributed by atoms with Crippen LogP contribution in [0.15, 0.2) is 21.2 Å². The van der Waals surface area contributed by atoms with E-state index < -0.39 is 0 Å². The summed E-state index contributed by atoms with van der Waals surface area (Å²) in [6, 6.07) is 1.95. The molecule has 1 amide bonds. The lowest BCUT2D eigenvalue weighted by Gasteiger charge is -2.32. The van der Waals surface area contributed by atoms with Gasteiger partial charge in [0.05, 0.1) is 0 Å². The summed E-state index contributed by atoms with van der Waals surface area (Å²) >= 11 is 1.59. The number of piperidine rings is 1. The molecule has 0 spiro atoms. The maximum Gasteiger partial charge on any atom is 0.248 e. The van der Waals surface area contributed by atoms with Crippen LogP contribution in [0.2, 0.25) is 0 Å². The van der Waals surface area contributed by atoms with Gasteiger partial charge in [0.25, 0.3) is 0 Å². The Morgan fingerprint density at radius 2 is 2.41 bits per heavy atom. The van der Waals surface area contributed by atoms with Gasteiger partial charge in [0.1, 0.15) is 0 Å². The van der Waals surface area contributed by atoms with Gasteiger partial charge >= 0.3 is 0 Å². The largest absolute Gasteiger partial charge is 0.421 e. The molecule has 5 nitrogen and oxygen atoms in total. The summed E-state index contributed by atoms with van der Waals surface area (Å²) < 4.78 is 5.62. The summed E-state index contributed by atoms with van der Waals surface area (Å²) in [7, 11) is 0. The number of amides is 1. The standard InChI is InChI=1S/C16H21N3O2S/c1-2-12-4-3-8-19(10-12)15(20)6-5-14-17-18-16(21-14)13-7-9-22-11-13/h7,9,11-12H,2-6,8,10H2,1H3. The van der Waals surface area contributed by atoms with Crippen LogP contribution in [0.5, 0.6) is 0 Å². The number of hydrogen-bond acceptors (Lipinski definition) is 5. The van der Waals surface area contributed by atoms with Gasteiger partial charge in [-0.15, -0.1) is 10.2 Å². The SMILES string of the molecule is CCC1CCCN(C(=O)CCc2nnc(-c3ccsc3)o2)C1. The predicted molar refractivity (Wildman–Crippen MR) is 85.5 cm³/mol. The number of hydrogen-bond donors (Lipinski definition) is 0. The molecule has 1 aliphatic heterocycles. The van der Waals surface area contributed by atoms with E-state index in [0.29, 0.717) is 30.5 Å². The molecular weight excluding hydrogens is 298 g/mol. The summed E-state index contributed by atoms with van der Waals surface area (Å²) in [5.74, 6) is 1.94. The van der Waals surface area contributed by atoms with Gasteiger partial charge in [-0.3, -0.25) is 4.79 Å². The Kier molecular flexibility index (Phi) is 4.87. The van der Waals surface area contributed by atoms with Crippen LogP contribution < -0.4 is 0 Å². The van der Waals surface area contributed by atoms with Gasteiger partial charge in [0, 0.05) is 36.9 Å². The van der Waals surface area contributed by atoms with Crippen LogP contribution >= 0.6 is 11.3 Å². The molecule has 1 fully saturated rings. The highest BCUT2D eigenvalue weighted by atomic mass is 32.1. The second kappa shape index (κ2) is 7.05. The molecule has 0 N–H and O–H groups in total. The molecule has 2 aromatic heterocycles. The monoisotopic (exact) mass is 319 g/mol. The highest BCUT2D eigenvalue weighted by molar-refractivity contribution is 7.08. The first kappa shape index (κ1) is 15.2. The van der Waals surface area contributed by atoms with Crippen molar-refractivity contribution in [2.24, 2.45) is 5.92 Å². The van der Waals surface area contributed by atoms with E-state index in [9.17, 15) is 4.79 Å². The Bertz CT molecular complexity index is 609. The number of carbonyl (C=O) groups is 1. The summed E-state index contributed by atoms with van der Waals surface area (Å²) in [5.41, 5.74) is 0.942. The van der Waals surface area contributed by atoms with Crippen molar-refractivity contribution in [1.29, 1.82) is 0 Å². The van der Waals surface area contributed by atoms with Crippen molar-refractivity contribution in [2.45, 2.75) is 39.0 Å². The number of rotatable bonds is 5. The van der Waals surface area contributed by atoms with Crippen LogP contribution in [-0.2, 0) is 11.2 Å². The molecule has 0 bridgehead atoms. The van der Waals surface area contributed by atoms with Gasteiger partial charge in [0.15, 0.2) is 0 Å². The third kappa shape index (κ3) is 3.55. The maximum absolute atomic E-state index is 12.3. The molecule has 22 heavy (non-hydrogen) atoms. The number of likely N-dealkylation sites (tertiary alicyclic amines) is 1. The van der Waals surface area contributed by atoms with Gasteiger partial charge in [-0.1, -0.05) is 13.3 Å². The fourth-order valence-corrected chi connectivity index (χ4v) is 3.48. The van der Waals surface area contributed by atoms with Crippen molar-refractivity contribution in [2.75, 3.05) is 13.1 Å². The molecular formula is C16H21N3O2S. The Morgan fingerprint density at radius 3 is 3.18 bits per heavy atom. The van der Waals surface area contributed by atoms with Crippen LogP contribution in [0.4, 0.5) is 0 Å². The van der Waals surface area contributed by atoms with E-state index in [-0.39, 0.29) is 5.91 Å². The highest BCUT2D eigenvalue weighted by Crippen LogP contribution is 2.22. The van der Waals surface area contributed by atoms with Crippen LogP contribution in [0.1, 0.15) is 38.5 Å². The topological polar surface area (TPSA) is 59.2 Å². The fourth-order valence-electron chi connectivity index (χ4n) is 2.85. The van der Waals surface area contributed by atoms with Gasteiger partial charge in [0.2, 0.25) is 17.7 Å².